The summed E-state index contributed by atoms with van der Waals surface area (Å²) in [5.74, 6) is -2.63. The molecule has 7 rings (SSSR count). The van der Waals surface area contributed by atoms with Crippen molar-refractivity contribution in [3.8, 4) is 11.5 Å². The normalized spacial score (nSPS) is 30.9. The van der Waals surface area contributed by atoms with Crippen molar-refractivity contribution in [3.05, 3.63) is 68.1 Å². The van der Waals surface area contributed by atoms with Crippen molar-refractivity contribution in [1.82, 2.24) is 4.98 Å². The maximum atomic E-state index is 13.8. The number of imide groups is 1. The number of hydrogen-bond acceptors (Lipinski definition) is 7. The molecule has 39 heavy (non-hydrogen) atoms. The SMILES string of the molecule is COc1cc([C@@H]2c3sc(=O)[nH]c3S[C@@H]3[C@H]4C[C@@H]([C@@H]5C(=O)N(c6cccc(C(F)(F)F)c6)C(=O)[C@H]45)[C@@H]23)ccc1O. The number of benzene rings is 2. The molecule has 2 N–H and O–H groups in total. The molecule has 1 aromatic heterocycles. The third-order valence-corrected chi connectivity index (χ3v) is 11.3. The first kappa shape index (κ1) is 24.8. The van der Waals surface area contributed by atoms with Gasteiger partial charge < -0.3 is 14.8 Å². The van der Waals surface area contributed by atoms with Gasteiger partial charge >= 0.3 is 11.0 Å². The molecule has 4 aliphatic rings. The summed E-state index contributed by atoms with van der Waals surface area (Å²) in [5.41, 5.74) is -0.154. The zero-order chi connectivity index (χ0) is 27.4. The number of nitrogens with one attached hydrogen (secondary N) is 1. The summed E-state index contributed by atoms with van der Waals surface area (Å²) in [6, 6.07) is 9.40. The minimum absolute atomic E-state index is 0.0215. The summed E-state index contributed by atoms with van der Waals surface area (Å²) in [4.78, 5) is 44.3. The second-order valence-electron chi connectivity index (χ2n) is 10.5. The van der Waals surface area contributed by atoms with Crippen LogP contribution in [0.15, 0.2) is 52.3 Å². The Balaban J connectivity index is 1.31. The average molecular weight is 575 g/mol. The molecule has 7 atom stereocenters. The zero-order valence-corrected chi connectivity index (χ0v) is 21.9. The predicted molar refractivity (Wildman–Crippen MR) is 137 cm³/mol. The molecule has 0 spiro atoms. The fourth-order valence-corrected chi connectivity index (χ4v) is 10.2. The number of amides is 2. The number of phenolic OH excluding ortho intramolecular Hbond substituents is 1. The lowest BCUT2D eigenvalue weighted by atomic mass is 9.68. The van der Waals surface area contributed by atoms with E-state index in [1.807, 2.05) is 0 Å². The number of aromatic amines is 1. The molecule has 3 heterocycles. The first-order chi connectivity index (χ1) is 18.6. The van der Waals surface area contributed by atoms with E-state index in [-0.39, 0.29) is 51.0 Å². The van der Waals surface area contributed by atoms with Crippen LogP contribution in [-0.2, 0) is 15.8 Å². The van der Waals surface area contributed by atoms with Crippen molar-refractivity contribution >= 4 is 40.6 Å². The van der Waals surface area contributed by atoms with E-state index in [9.17, 15) is 32.7 Å². The summed E-state index contributed by atoms with van der Waals surface area (Å²) in [6.07, 6.45) is -3.95. The summed E-state index contributed by atoms with van der Waals surface area (Å²) in [5, 5.41) is 10.8. The van der Waals surface area contributed by atoms with Crippen molar-refractivity contribution in [2.24, 2.45) is 29.6 Å². The Morgan fingerprint density at radius 1 is 1.05 bits per heavy atom. The van der Waals surface area contributed by atoms with Crippen LogP contribution in [0.5, 0.6) is 11.5 Å². The van der Waals surface area contributed by atoms with Crippen molar-refractivity contribution in [2.75, 3.05) is 12.0 Å². The van der Waals surface area contributed by atoms with E-state index in [4.69, 9.17) is 4.74 Å². The Morgan fingerprint density at radius 2 is 1.79 bits per heavy atom. The van der Waals surface area contributed by atoms with Crippen LogP contribution in [-0.4, -0.2) is 34.3 Å². The second-order valence-corrected chi connectivity index (χ2v) is 12.7. The molecule has 3 aromatic rings. The molecule has 2 aliphatic carbocycles. The van der Waals surface area contributed by atoms with Crippen LogP contribution < -0.4 is 14.5 Å². The van der Waals surface area contributed by atoms with Gasteiger partial charge in [-0.2, -0.15) is 13.2 Å². The summed E-state index contributed by atoms with van der Waals surface area (Å²) in [6.45, 7) is 0. The smallest absolute Gasteiger partial charge is 0.416 e. The van der Waals surface area contributed by atoms with Crippen LogP contribution in [0.4, 0.5) is 18.9 Å². The van der Waals surface area contributed by atoms with Crippen molar-refractivity contribution in [3.63, 3.8) is 0 Å². The number of carbonyl (C=O) groups is 2. The number of fused-ring (bicyclic) bond motifs is 9. The monoisotopic (exact) mass is 574 g/mol. The van der Waals surface area contributed by atoms with Crippen LogP contribution in [0.3, 0.4) is 0 Å². The molecular weight excluding hydrogens is 553 g/mol. The van der Waals surface area contributed by atoms with Crippen molar-refractivity contribution < 1.29 is 32.6 Å². The average Bonchev–Trinajstić information content (AvgIpc) is 3.63. The van der Waals surface area contributed by atoms with E-state index in [2.05, 4.69) is 4.98 Å². The summed E-state index contributed by atoms with van der Waals surface area (Å²) < 4.78 is 45.5. The van der Waals surface area contributed by atoms with Gasteiger partial charge in [-0.25, -0.2) is 0 Å². The maximum absolute atomic E-state index is 13.8. The third kappa shape index (κ3) is 3.46. The van der Waals surface area contributed by atoms with Crippen LogP contribution in [0.2, 0.25) is 0 Å². The van der Waals surface area contributed by atoms with Crippen LogP contribution >= 0.6 is 23.1 Å². The fourth-order valence-electron chi connectivity index (χ4n) is 7.35. The topological polar surface area (TPSA) is 99.7 Å². The Kier molecular flexibility index (Phi) is 5.32. The van der Waals surface area contributed by atoms with Gasteiger partial charge in [-0.3, -0.25) is 19.3 Å². The quantitative estimate of drug-likeness (QED) is 0.434. The highest BCUT2D eigenvalue weighted by atomic mass is 32.2. The van der Waals surface area contributed by atoms with E-state index < -0.39 is 35.4 Å². The summed E-state index contributed by atoms with van der Waals surface area (Å²) >= 11 is 2.63. The molecule has 7 nitrogen and oxygen atoms in total. The minimum Gasteiger partial charge on any atom is -0.504 e. The number of phenols is 1. The number of aromatic nitrogens is 1. The Morgan fingerprint density at radius 3 is 2.51 bits per heavy atom. The number of thioether (sulfide) groups is 1. The molecule has 3 fully saturated rings. The first-order valence-corrected chi connectivity index (χ1v) is 14.1. The van der Waals surface area contributed by atoms with Crippen LogP contribution in [0.25, 0.3) is 0 Å². The molecule has 1 saturated heterocycles. The zero-order valence-electron chi connectivity index (χ0n) is 20.3. The van der Waals surface area contributed by atoms with Gasteiger partial charge in [-0.15, -0.1) is 11.8 Å². The number of ether oxygens (including phenoxy) is 1. The number of hydrogen-bond donors (Lipinski definition) is 2. The number of H-pyrrole nitrogens is 1. The van der Waals surface area contributed by atoms with E-state index in [0.29, 0.717) is 6.42 Å². The lowest BCUT2D eigenvalue weighted by Gasteiger charge is -2.43. The van der Waals surface area contributed by atoms with E-state index >= 15 is 0 Å². The lowest BCUT2D eigenvalue weighted by molar-refractivity contribution is -0.137. The van der Waals surface area contributed by atoms with Crippen LogP contribution in [0, 0.1) is 29.6 Å². The molecular formula is C27H21F3N2O5S2. The molecule has 2 aliphatic heterocycles. The molecule has 0 radical (unpaired) electrons. The number of alkyl halides is 3. The van der Waals surface area contributed by atoms with E-state index in [0.717, 1.165) is 43.8 Å². The summed E-state index contributed by atoms with van der Waals surface area (Å²) in [7, 11) is 1.45. The standard InChI is InChI=1S/C27H21F3N2O5S2/c1-37-16-7-10(5-6-15(16)33)17-18-13-9-14(21(18)38-23-22(17)39-26(36)31-23)20-19(13)24(34)32(25(20)35)12-4-2-3-11(8-12)27(28,29)30/h2-8,13-14,17-21,33H,9H2,1H3,(H,31,36)/t13-,14+,17+,18+,19+,20-,21-/m1/s1. The van der Waals surface area contributed by atoms with E-state index in [1.54, 1.807) is 12.1 Å². The number of anilines is 1. The van der Waals surface area contributed by atoms with Crippen LogP contribution in [0.1, 0.15) is 28.3 Å². The van der Waals surface area contributed by atoms with Gasteiger partial charge in [-0.05, 0) is 60.1 Å². The molecule has 2 saturated carbocycles. The molecule has 0 unspecified atom stereocenters. The molecule has 2 bridgehead atoms. The number of methoxy groups -OCH3 is 1. The number of carbonyl (C=O) groups excluding carboxylic acids is 2. The lowest BCUT2D eigenvalue weighted by Crippen LogP contribution is -2.42. The van der Waals surface area contributed by atoms with Gasteiger partial charge in [-0.1, -0.05) is 23.5 Å². The number of rotatable bonds is 3. The predicted octanol–water partition coefficient (Wildman–Crippen LogP) is 4.85. The van der Waals surface area contributed by atoms with Gasteiger partial charge in [0.2, 0.25) is 11.8 Å². The van der Waals surface area contributed by atoms with Gasteiger partial charge in [0.15, 0.2) is 11.5 Å². The molecule has 12 heteroatoms. The van der Waals surface area contributed by atoms with Gasteiger partial charge in [0.1, 0.15) is 0 Å². The van der Waals surface area contributed by atoms with E-state index in [1.165, 1.54) is 37.1 Å². The van der Waals surface area contributed by atoms with Crippen molar-refractivity contribution in [2.45, 2.75) is 28.8 Å². The maximum Gasteiger partial charge on any atom is 0.416 e. The minimum atomic E-state index is -4.60. The van der Waals surface area contributed by atoms with Gasteiger partial charge in [0.25, 0.3) is 0 Å². The number of aromatic hydroxyl groups is 1. The van der Waals surface area contributed by atoms with Gasteiger partial charge in [0.05, 0.1) is 35.2 Å². The molecule has 202 valence electrons. The highest BCUT2D eigenvalue weighted by Crippen LogP contribution is 2.68. The molecule has 2 amide bonds. The highest BCUT2D eigenvalue weighted by Gasteiger charge is 2.69. The Bertz CT molecular complexity index is 1600. The number of nitrogens with zero attached hydrogens (tertiary/aromatic N) is 1. The fraction of sp³-hybridized carbons (Fsp3) is 0.370. The van der Waals surface area contributed by atoms with Gasteiger partial charge in [0, 0.05) is 16.0 Å². The van der Waals surface area contributed by atoms with Crippen molar-refractivity contribution in [1.29, 1.82) is 0 Å². The number of halogens is 3. The first-order valence-electron chi connectivity index (χ1n) is 12.4. The highest BCUT2D eigenvalue weighted by molar-refractivity contribution is 8.00. The number of thiazole rings is 1. The molecule has 2 aromatic carbocycles. The third-order valence-electron chi connectivity index (χ3n) is 8.72. The Hall–Kier alpha value is -3.25. The largest absolute Gasteiger partial charge is 0.504 e. The second kappa shape index (κ2) is 8.37. The Labute approximate surface area is 228 Å².